The zero-order valence-electron chi connectivity index (χ0n) is 20.0. The molecule has 1 atom stereocenters. The third-order valence-electron chi connectivity index (χ3n) is 7.11. The van der Waals surface area contributed by atoms with Crippen LogP contribution < -0.4 is 5.32 Å². The predicted octanol–water partition coefficient (Wildman–Crippen LogP) is 4.78. The number of imidazole rings is 1. The number of likely N-dealkylation sites (tertiary alicyclic amines) is 1. The average Bonchev–Trinajstić information content (AvgIpc) is 3.43. The standard InChI is InChI=1S/C25H36N6O2/c1-25(2,3)33-24(32)30-13-5-4-6-19(30)14-27-17-7-9-18(10-8-17)31-16-29-21-15-28-23-20(22(21)31)11-12-26-23/h11-12,15-19,27H,4-10,13-14H2,1-3H3,(H,26,28)/t17?,18?,19-/m1/s1. The smallest absolute Gasteiger partial charge is 0.410 e. The van der Waals surface area contributed by atoms with Gasteiger partial charge in [-0.3, -0.25) is 0 Å². The highest BCUT2D eigenvalue weighted by atomic mass is 16.6. The number of nitrogens with zero attached hydrogens (tertiary/aromatic N) is 4. The molecule has 4 heterocycles. The van der Waals surface area contributed by atoms with E-state index in [2.05, 4.69) is 30.9 Å². The van der Waals surface area contributed by atoms with Crippen LogP contribution in [0.2, 0.25) is 0 Å². The van der Waals surface area contributed by atoms with E-state index in [0.717, 1.165) is 68.2 Å². The maximum atomic E-state index is 12.7. The Balaban J connectivity index is 1.18. The molecule has 1 saturated heterocycles. The van der Waals surface area contributed by atoms with Gasteiger partial charge in [-0.2, -0.15) is 0 Å². The molecule has 1 amide bonds. The Kier molecular flexibility index (Phi) is 6.03. The third-order valence-corrected chi connectivity index (χ3v) is 7.11. The number of pyridine rings is 1. The van der Waals surface area contributed by atoms with Crippen LogP contribution in [-0.2, 0) is 4.74 Å². The van der Waals surface area contributed by atoms with Crippen LogP contribution in [0.25, 0.3) is 22.1 Å². The van der Waals surface area contributed by atoms with Gasteiger partial charge in [0.05, 0.1) is 18.0 Å². The van der Waals surface area contributed by atoms with Gasteiger partial charge in [0, 0.05) is 42.8 Å². The number of rotatable bonds is 4. The van der Waals surface area contributed by atoms with E-state index in [0.29, 0.717) is 12.1 Å². The summed E-state index contributed by atoms with van der Waals surface area (Å²) in [5.74, 6) is 0. The van der Waals surface area contributed by atoms with E-state index in [-0.39, 0.29) is 12.1 Å². The monoisotopic (exact) mass is 452 g/mol. The third kappa shape index (κ3) is 4.71. The number of ether oxygens (including phenoxy) is 1. The highest BCUT2D eigenvalue weighted by Gasteiger charge is 2.31. The van der Waals surface area contributed by atoms with Gasteiger partial charge in [0.15, 0.2) is 0 Å². The topological polar surface area (TPSA) is 88.1 Å². The first kappa shape index (κ1) is 22.2. The molecule has 178 valence electrons. The molecule has 1 saturated carbocycles. The molecule has 5 rings (SSSR count). The lowest BCUT2D eigenvalue weighted by Crippen LogP contribution is -2.51. The summed E-state index contributed by atoms with van der Waals surface area (Å²) < 4.78 is 8.01. The van der Waals surface area contributed by atoms with Crippen LogP contribution in [0.15, 0.2) is 24.8 Å². The number of carbonyl (C=O) groups is 1. The van der Waals surface area contributed by atoms with Crippen molar-refractivity contribution in [3.8, 4) is 0 Å². The molecule has 33 heavy (non-hydrogen) atoms. The van der Waals surface area contributed by atoms with Crippen molar-refractivity contribution in [3.63, 3.8) is 0 Å². The number of hydrogen-bond acceptors (Lipinski definition) is 5. The normalized spacial score (nSPS) is 24.5. The lowest BCUT2D eigenvalue weighted by Gasteiger charge is -2.38. The highest BCUT2D eigenvalue weighted by Crippen LogP contribution is 2.33. The fraction of sp³-hybridized carbons (Fsp3) is 0.640. The minimum absolute atomic E-state index is 0.171. The molecule has 8 nitrogen and oxygen atoms in total. The molecule has 0 radical (unpaired) electrons. The van der Waals surface area contributed by atoms with Crippen LogP contribution in [0.5, 0.6) is 0 Å². The van der Waals surface area contributed by atoms with Crippen molar-refractivity contribution in [3.05, 3.63) is 24.8 Å². The van der Waals surface area contributed by atoms with Crippen LogP contribution in [-0.4, -0.2) is 61.3 Å². The van der Waals surface area contributed by atoms with Crippen LogP contribution >= 0.6 is 0 Å². The molecule has 0 aromatic carbocycles. The van der Waals surface area contributed by atoms with E-state index in [4.69, 9.17) is 4.74 Å². The molecular weight excluding hydrogens is 416 g/mol. The minimum Gasteiger partial charge on any atom is -0.444 e. The lowest BCUT2D eigenvalue weighted by atomic mass is 9.90. The second-order valence-electron chi connectivity index (χ2n) is 10.6. The Morgan fingerprint density at radius 1 is 1.18 bits per heavy atom. The summed E-state index contributed by atoms with van der Waals surface area (Å²) in [5, 5.41) is 4.92. The van der Waals surface area contributed by atoms with Gasteiger partial charge in [0.2, 0.25) is 0 Å². The van der Waals surface area contributed by atoms with E-state index in [9.17, 15) is 4.79 Å². The number of nitrogens with one attached hydrogen (secondary N) is 2. The second-order valence-corrected chi connectivity index (χ2v) is 10.6. The molecule has 0 unspecified atom stereocenters. The van der Waals surface area contributed by atoms with Gasteiger partial charge in [-0.1, -0.05) is 0 Å². The summed E-state index contributed by atoms with van der Waals surface area (Å²) >= 11 is 0. The quantitative estimate of drug-likeness (QED) is 0.595. The molecular formula is C25H36N6O2. The van der Waals surface area contributed by atoms with E-state index in [1.807, 2.05) is 44.4 Å². The molecule has 1 aliphatic carbocycles. The first-order chi connectivity index (χ1) is 15.9. The maximum absolute atomic E-state index is 12.7. The van der Waals surface area contributed by atoms with Gasteiger partial charge in [-0.15, -0.1) is 0 Å². The molecule has 0 spiro atoms. The fourth-order valence-corrected chi connectivity index (χ4v) is 5.44. The molecule has 3 aromatic rings. The largest absolute Gasteiger partial charge is 0.444 e. The summed E-state index contributed by atoms with van der Waals surface area (Å²) in [4.78, 5) is 26.9. The van der Waals surface area contributed by atoms with Gasteiger partial charge in [0.25, 0.3) is 0 Å². The number of H-pyrrole nitrogens is 1. The molecule has 0 bridgehead atoms. The van der Waals surface area contributed by atoms with Crippen LogP contribution in [0.1, 0.15) is 71.8 Å². The molecule has 8 heteroatoms. The molecule has 2 fully saturated rings. The molecule has 2 aliphatic rings. The fourth-order valence-electron chi connectivity index (χ4n) is 5.44. The Labute approximate surface area is 195 Å². The van der Waals surface area contributed by atoms with Crippen LogP contribution in [0, 0.1) is 0 Å². The molecule has 1 aliphatic heterocycles. The SMILES string of the molecule is CC(C)(C)OC(=O)N1CCCC[C@@H]1CNC1CCC(n2cnc3cnc4[nH]ccc4c32)CC1. The van der Waals surface area contributed by atoms with Crippen molar-refractivity contribution < 1.29 is 9.53 Å². The van der Waals surface area contributed by atoms with E-state index in [1.54, 1.807) is 0 Å². The van der Waals surface area contributed by atoms with Gasteiger partial charge in [-0.25, -0.2) is 14.8 Å². The van der Waals surface area contributed by atoms with Crippen molar-refractivity contribution in [2.24, 2.45) is 0 Å². The summed E-state index contributed by atoms with van der Waals surface area (Å²) in [6, 6.07) is 3.27. The lowest BCUT2D eigenvalue weighted by molar-refractivity contribution is 0.00948. The van der Waals surface area contributed by atoms with E-state index < -0.39 is 5.60 Å². The zero-order chi connectivity index (χ0) is 23.0. The van der Waals surface area contributed by atoms with E-state index in [1.165, 1.54) is 11.9 Å². The van der Waals surface area contributed by atoms with Crippen molar-refractivity contribution in [2.45, 2.75) is 89.4 Å². The summed E-state index contributed by atoms with van der Waals surface area (Å²) in [7, 11) is 0. The summed E-state index contributed by atoms with van der Waals surface area (Å²) in [5.41, 5.74) is 2.61. The van der Waals surface area contributed by atoms with Crippen molar-refractivity contribution in [1.29, 1.82) is 0 Å². The number of hydrogen-bond donors (Lipinski definition) is 2. The summed E-state index contributed by atoms with van der Waals surface area (Å²) in [6.45, 7) is 7.44. The Morgan fingerprint density at radius 2 is 2.00 bits per heavy atom. The minimum atomic E-state index is -0.454. The Bertz CT molecular complexity index is 1110. The first-order valence-electron chi connectivity index (χ1n) is 12.4. The molecule has 3 aromatic heterocycles. The van der Waals surface area contributed by atoms with Gasteiger partial charge in [-0.05, 0) is 71.8 Å². The number of aromatic nitrogens is 4. The van der Waals surface area contributed by atoms with Crippen LogP contribution in [0.4, 0.5) is 4.79 Å². The number of aromatic amines is 1. The second kappa shape index (κ2) is 8.97. The van der Waals surface area contributed by atoms with Crippen molar-refractivity contribution >= 4 is 28.2 Å². The van der Waals surface area contributed by atoms with Crippen LogP contribution in [0.3, 0.4) is 0 Å². The Hall–Kier alpha value is -2.61. The maximum Gasteiger partial charge on any atom is 0.410 e. The van der Waals surface area contributed by atoms with E-state index >= 15 is 0 Å². The van der Waals surface area contributed by atoms with Crippen molar-refractivity contribution in [2.75, 3.05) is 13.1 Å². The zero-order valence-corrected chi connectivity index (χ0v) is 20.0. The number of piperidine rings is 1. The predicted molar refractivity (Wildman–Crippen MR) is 129 cm³/mol. The van der Waals surface area contributed by atoms with Gasteiger partial charge >= 0.3 is 6.09 Å². The average molecular weight is 453 g/mol. The van der Waals surface area contributed by atoms with Gasteiger partial charge in [0.1, 0.15) is 16.8 Å². The number of fused-ring (bicyclic) bond motifs is 3. The summed E-state index contributed by atoms with van der Waals surface area (Å²) in [6.07, 6.45) is 13.4. The first-order valence-corrected chi connectivity index (χ1v) is 12.4. The van der Waals surface area contributed by atoms with Gasteiger partial charge < -0.3 is 24.5 Å². The Morgan fingerprint density at radius 3 is 2.79 bits per heavy atom. The highest BCUT2D eigenvalue weighted by molar-refractivity contribution is 6.00. The molecule has 2 N–H and O–H groups in total. The van der Waals surface area contributed by atoms with Crippen molar-refractivity contribution in [1.82, 2.24) is 29.7 Å². The number of carbonyl (C=O) groups excluding carboxylic acids is 1. The number of amides is 1.